The Balaban J connectivity index is 1.81. The van der Waals surface area contributed by atoms with E-state index in [-0.39, 0.29) is 0 Å². The van der Waals surface area contributed by atoms with Crippen LogP contribution in [-0.2, 0) is 0 Å². The van der Waals surface area contributed by atoms with Crippen LogP contribution >= 0.6 is 0 Å². The number of aliphatic hydroxyl groups excluding tert-OH is 2. The molecule has 0 amide bonds. The zero-order valence-electron chi connectivity index (χ0n) is 18.1. The number of nitrogens with one attached hydrogen (secondary N) is 1. The van der Waals surface area contributed by atoms with Crippen molar-refractivity contribution in [2.24, 2.45) is 0 Å². The summed E-state index contributed by atoms with van der Waals surface area (Å²) in [7, 11) is 0. The second-order valence-electron chi connectivity index (χ2n) is 8.06. The van der Waals surface area contributed by atoms with Gasteiger partial charge in [-0.25, -0.2) is 0 Å². The van der Waals surface area contributed by atoms with E-state index in [1.807, 2.05) is 121 Å². The molecule has 0 aliphatic rings. The molecule has 3 N–H and O–H groups in total. The summed E-state index contributed by atoms with van der Waals surface area (Å²) < 4.78 is 0. The van der Waals surface area contributed by atoms with Crippen LogP contribution in [0.4, 0.5) is 0 Å². The van der Waals surface area contributed by atoms with Gasteiger partial charge in [0, 0.05) is 11.1 Å². The highest BCUT2D eigenvalue weighted by atomic mass is 16.3. The van der Waals surface area contributed by atoms with Crippen molar-refractivity contribution in [3.05, 3.63) is 144 Å². The molecule has 0 spiro atoms. The second-order valence-corrected chi connectivity index (χ2v) is 8.06. The highest BCUT2D eigenvalue weighted by Crippen LogP contribution is 2.44. The molecule has 2 atom stereocenters. The minimum absolute atomic E-state index is 0.683. The number of H-pyrrole nitrogens is 1. The summed E-state index contributed by atoms with van der Waals surface area (Å²) in [5.41, 5.74) is 6.42. The average molecular weight is 432 g/mol. The third-order valence-electron chi connectivity index (χ3n) is 5.98. The van der Waals surface area contributed by atoms with E-state index in [1.165, 1.54) is 0 Å². The lowest BCUT2D eigenvalue weighted by molar-refractivity contribution is 0.198. The Bertz CT molecular complexity index is 1210. The molecular weight excluding hydrogens is 406 g/mol. The Morgan fingerprint density at radius 1 is 0.424 bits per heavy atom. The topological polar surface area (TPSA) is 56.2 Å². The van der Waals surface area contributed by atoms with Gasteiger partial charge in [0.15, 0.2) is 0 Å². The highest BCUT2D eigenvalue weighted by Gasteiger charge is 2.30. The zero-order valence-corrected chi connectivity index (χ0v) is 18.1. The molecule has 0 aliphatic carbocycles. The van der Waals surface area contributed by atoms with Gasteiger partial charge in [-0.3, -0.25) is 0 Å². The summed E-state index contributed by atoms with van der Waals surface area (Å²) in [5.74, 6) is 0. The van der Waals surface area contributed by atoms with Gasteiger partial charge in [-0.15, -0.1) is 0 Å². The Labute approximate surface area is 193 Å². The fraction of sp³-hybridized carbons (Fsp3) is 0.0667. The van der Waals surface area contributed by atoms with Gasteiger partial charge in [0.25, 0.3) is 0 Å². The Kier molecular flexibility index (Phi) is 5.90. The molecule has 0 aliphatic heterocycles. The lowest BCUT2D eigenvalue weighted by Crippen LogP contribution is -2.08. The van der Waals surface area contributed by atoms with E-state index in [2.05, 4.69) is 4.98 Å². The van der Waals surface area contributed by atoms with E-state index in [0.717, 1.165) is 33.6 Å². The number of hydrogen-bond donors (Lipinski definition) is 3. The minimum atomic E-state index is -0.913. The van der Waals surface area contributed by atoms with Crippen molar-refractivity contribution in [1.29, 1.82) is 0 Å². The lowest BCUT2D eigenvalue weighted by atomic mass is 9.89. The van der Waals surface area contributed by atoms with E-state index in [1.54, 1.807) is 0 Å². The first-order chi connectivity index (χ1) is 16.2. The van der Waals surface area contributed by atoms with Gasteiger partial charge in [0.1, 0.15) is 12.2 Å². The molecule has 1 heterocycles. The molecule has 0 radical (unpaired) electrons. The third kappa shape index (κ3) is 4.12. The third-order valence-corrected chi connectivity index (χ3v) is 5.98. The molecule has 0 fully saturated rings. The number of benzene rings is 4. The van der Waals surface area contributed by atoms with Gasteiger partial charge < -0.3 is 15.2 Å². The van der Waals surface area contributed by atoms with Gasteiger partial charge in [-0.1, -0.05) is 121 Å². The van der Waals surface area contributed by atoms with Crippen LogP contribution in [0.1, 0.15) is 34.5 Å². The van der Waals surface area contributed by atoms with Crippen molar-refractivity contribution in [1.82, 2.24) is 4.98 Å². The molecule has 0 bridgehead atoms. The molecular formula is C30H25NO2. The fourth-order valence-corrected chi connectivity index (χ4v) is 4.37. The number of aromatic nitrogens is 1. The summed E-state index contributed by atoms with van der Waals surface area (Å²) in [6.45, 7) is 0. The van der Waals surface area contributed by atoms with Gasteiger partial charge in [0.2, 0.25) is 0 Å². The standard InChI is InChI=1S/C30H25NO2/c32-29(23-17-9-3-10-18-23)25-26(30(33)24-19-11-4-12-20-24)28(22-15-7-2-8-16-22)31-27(25)21-13-5-1-6-14-21/h1-20,29-33H. The van der Waals surface area contributed by atoms with E-state index in [9.17, 15) is 10.2 Å². The van der Waals surface area contributed by atoms with Crippen molar-refractivity contribution in [2.45, 2.75) is 12.2 Å². The Morgan fingerprint density at radius 3 is 1.06 bits per heavy atom. The highest BCUT2D eigenvalue weighted by molar-refractivity contribution is 5.78. The van der Waals surface area contributed by atoms with Crippen molar-refractivity contribution in [3.8, 4) is 22.5 Å². The minimum Gasteiger partial charge on any atom is -0.384 e. The van der Waals surface area contributed by atoms with Crippen LogP contribution < -0.4 is 0 Å². The van der Waals surface area contributed by atoms with E-state index >= 15 is 0 Å². The smallest absolute Gasteiger partial charge is 0.107 e. The molecule has 1 aromatic heterocycles. The first-order valence-corrected chi connectivity index (χ1v) is 11.1. The summed E-state index contributed by atoms with van der Waals surface area (Å²) in [4.78, 5) is 3.56. The van der Waals surface area contributed by atoms with E-state index in [4.69, 9.17) is 0 Å². The molecule has 0 saturated heterocycles. The van der Waals surface area contributed by atoms with Crippen molar-refractivity contribution in [3.63, 3.8) is 0 Å². The first kappa shape index (κ1) is 21.0. The number of rotatable bonds is 6. The van der Waals surface area contributed by atoms with Gasteiger partial charge >= 0.3 is 0 Å². The maximum Gasteiger partial charge on any atom is 0.107 e. The lowest BCUT2D eigenvalue weighted by Gasteiger charge is -2.20. The number of aromatic amines is 1. The number of aliphatic hydroxyl groups is 2. The molecule has 4 aromatic carbocycles. The van der Waals surface area contributed by atoms with Crippen LogP contribution in [0, 0.1) is 0 Å². The summed E-state index contributed by atoms with van der Waals surface area (Å²) in [6, 6.07) is 39.1. The van der Waals surface area contributed by atoms with Crippen LogP contribution in [0.15, 0.2) is 121 Å². The van der Waals surface area contributed by atoms with Crippen LogP contribution in [0.5, 0.6) is 0 Å². The molecule has 0 saturated carbocycles. The molecule has 5 rings (SSSR count). The summed E-state index contributed by atoms with van der Waals surface area (Å²) in [5, 5.41) is 23.3. The van der Waals surface area contributed by atoms with Crippen LogP contribution in [-0.4, -0.2) is 15.2 Å². The summed E-state index contributed by atoms with van der Waals surface area (Å²) in [6.07, 6.45) is -1.83. The maximum absolute atomic E-state index is 11.6. The first-order valence-electron chi connectivity index (χ1n) is 11.1. The molecule has 2 unspecified atom stereocenters. The van der Waals surface area contributed by atoms with Gasteiger partial charge in [-0.2, -0.15) is 0 Å². The molecule has 3 heteroatoms. The van der Waals surface area contributed by atoms with Crippen LogP contribution in [0.25, 0.3) is 22.5 Å². The SMILES string of the molecule is OC(c1ccccc1)c1c(-c2ccccc2)[nH]c(-c2ccccc2)c1C(O)c1ccccc1. The molecule has 3 nitrogen and oxygen atoms in total. The van der Waals surface area contributed by atoms with Crippen LogP contribution in [0.2, 0.25) is 0 Å². The van der Waals surface area contributed by atoms with E-state index in [0.29, 0.717) is 11.1 Å². The van der Waals surface area contributed by atoms with Crippen molar-refractivity contribution >= 4 is 0 Å². The molecule has 162 valence electrons. The Hall–Kier alpha value is -3.92. The largest absolute Gasteiger partial charge is 0.384 e. The second kappa shape index (κ2) is 9.29. The normalized spacial score (nSPS) is 12.9. The average Bonchev–Trinajstić information content (AvgIpc) is 3.30. The predicted octanol–water partition coefficient (Wildman–Crippen LogP) is 6.51. The molecule has 5 aromatic rings. The summed E-state index contributed by atoms with van der Waals surface area (Å²) >= 11 is 0. The monoisotopic (exact) mass is 431 g/mol. The van der Waals surface area contributed by atoms with Crippen LogP contribution in [0.3, 0.4) is 0 Å². The van der Waals surface area contributed by atoms with Crippen molar-refractivity contribution in [2.75, 3.05) is 0 Å². The van der Waals surface area contributed by atoms with Gasteiger partial charge in [-0.05, 0) is 22.3 Å². The molecule has 33 heavy (non-hydrogen) atoms. The number of hydrogen-bond acceptors (Lipinski definition) is 2. The van der Waals surface area contributed by atoms with E-state index < -0.39 is 12.2 Å². The van der Waals surface area contributed by atoms with Gasteiger partial charge in [0.05, 0.1) is 11.4 Å². The Morgan fingerprint density at radius 2 is 0.727 bits per heavy atom. The maximum atomic E-state index is 11.6. The van der Waals surface area contributed by atoms with Crippen molar-refractivity contribution < 1.29 is 10.2 Å². The predicted molar refractivity (Wildman–Crippen MR) is 133 cm³/mol. The quantitative estimate of drug-likeness (QED) is 0.287. The fourth-order valence-electron chi connectivity index (χ4n) is 4.37. The zero-order chi connectivity index (χ0) is 22.6.